The third kappa shape index (κ3) is 7.46. The topological polar surface area (TPSA) is 95.9 Å². The number of alkyl carbamates (subject to hydrolysis) is 1. The first-order valence-electron chi connectivity index (χ1n) is 14.2. The SMILES string of the molecule is O=C(O)CN(C(=O)C(CCc1ccc(C(F)(F)F)c(Cl)c1)NC(=O)OCC1c2ccccc2-c2ccccc21)c1cccc(Cl)c1. The van der Waals surface area contributed by atoms with Crippen LogP contribution in [0.25, 0.3) is 11.1 Å². The molecule has 1 unspecified atom stereocenters. The van der Waals surface area contributed by atoms with Crippen LogP contribution in [0.2, 0.25) is 10.0 Å². The Labute approximate surface area is 272 Å². The highest BCUT2D eigenvalue weighted by molar-refractivity contribution is 6.31. The molecule has 2 amide bonds. The third-order valence-corrected chi connectivity index (χ3v) is 8.22. The van der Waals surface area contributed by atoms with E-state index in [1.807, 2.05) is 48.5 Å². The van der Waals surface area contributed by atoms with Gasteiger partial charge in [-0.3, -0.25) is 14.5 Å². The Balaban J connectivity index is 1.37. The first-order valence-corrected chi connectivity index (χ1v) is 14.9. The van der Waals surface area contributed by atoms with Crippen LogP contribution >= 0.6 is 23.2 Å². The minimum atomic E-state index is -4.64. The minimum Gasteiger partial charge on any atom is -0.480 e. The van der Waals surface area contributed by atoms with Gasteiger partial charge in [-0.05, 0) is 71.0 Å². The summed E-state index contributed by atoms with van der Waals surface area (Å²) in [5.74, 6) is -2.35. The van der Waals surface area contributed by atoms with E-state index in [2.05, 4.69) is 5.32 Å². The number of nitrogens with zero attached hydrogens (tertiary/aromatic N) is 1. The van der Waals surface area contributed by atoms with Crippen molar-refractivity contribution in [1.82, 2.24) is 5.32 Å². The standard InChI is InChI=1S/C34H27Cl2F3N2O5/c35-21-6-5-7-22(17-21)41(18-31(42)43)32(44)30(15-13-20-12-14-28(29(36)16-20)34(37,38)39)40-33(45)46-19-27-25-10-3-1-8-23(25)24-9-2-4-11-26(24)27/h1-12,14,16-17,27,30H,13,15,18-19H2,(H,40,45)(H,42,43). The van der Waals surface area contributed by atoms with Gasteiger partial charge in [-0.2, -0.15) is 13.2 Å². The van der Waals surface area contributed by atoms with Crippen LogP contribution in [0.4, 0.5) is 23.7 Å². The Morgan fingerprint density at radius 3 is 2.13 bits per heavy atom. The lowest BCUT2D eigenvalue weighted by Crippen LogP contribution is -2.50. The summed E-state index contributed by atoms with van der Waals surface area (Å²) in [5, 5.41) is 11.9. The smallest absolute Gasteiger partial charge is 0.417 e. The number of fused-ring (bicyclic) bond motifs is 3. The van der Waals surface area contributed by atoms with Gasteiger partial charge in [0.05, 0.1) is 10.6 Å². The summed E-state index contributed by atoms with van der Waals surface area (Å²) >= 11 is 12.0. The van der Waals surface area contributed by atoms with E-state index in [-0.39, 0.29) is 36.1 Å². The molecule has 1 aliphatic rings. The molecule has 0 fully saturated rings. The van der Waals surface area contributed by atoms with Crippen LogP contribution in [-0.4, -0.2) is 42.3 Å². The van der Waals surface area contributed by atoms with E-state index in [1.54, 1.807) is 6.07 Å². The lowest BCUT2D eigenvalue weighted by atomic mass is 9.98. The average Bonchev–Trinajstić information content (AvgIpc) is 3.33. The second-order valence-electron chi connectivity index (χ2n) is 10.7. The predicted octanol–water partition coefficient (Wildman–Crippen LogP) is 7.97. The molecule has 1 aliphatic carbocycles. The van der Waals surface area contributed by atoms with E-state index in [0.717, 1.165) is 39.3 Å². The fraction of sp³-hybridized carbons (Fsp3) is 0.206. The second kappa shape index (κ2) is 13.8. The van der Waals surface area contributed by atoms with Gasteiger partial charge in [0.25, 0.3) is 0 Å². The molecule has 7 nitrogen and oxygen atoms in total. The maximum absolute atomic E-state index is 13.9. The zero-order valence-electron chi connectivity index (χ0n) is 24.1. The Bertz CT molecular complexity index is 1740. The van der Waals surface area contributed by atoms with Gasteiger partial charge in [-0.15, -0.1) is 0 Å². The summed E-state index contributed by atoms with van der Waals surface area (Å²) in [6, 6.07) is 23.4. The second-order valence-corrected chi connectivity index (χ2v) is 11.5. The number of alkyl halides is 3. The van der Waals surface area contributed by atoms with Crippen molar-refractivity contribution in [3.8, 4) is 11.1 Å². The zero-order chi connectivity index (χ0) is 33.0. The normalized spacial score (nSPS) is 13.0. The Kier molecular flexibility index (Phi) is 9.88. The van der Waals surface area contributed by atoms with Gasteiger partial charge < -0.3 is 15.2 Å². The molecule has 238 valence electrons. The average molecular weight is 671 g/mol. The van der Waals surface area contributed by atoms with Crippen molar-refractivity contribution in [2.75, 3.05) is 18.1 Å². The van der Waals surface area contributed by atoms with E-state index in [1.165, 1.54) is 24.3 Å². The van der Waals surface area contributed by atoms with Crippen molar-refractivity contribution >= 4 is 46.9 Å². The molecule has 1 atom stereocenters. The summed E-state index contributed by atoms with van der Waals surface area (Å²) in [6.45, 7) is -0.781. The molecule has 46 heavy (non-hydrogen) atoms. The minimum absolute atomic E-state index is 0.0222. The maximum Gasteiger partial charge on any atom is 0.417 e. The number of rotatable bonds is 10. The molecule has 5 rings (SSSR count). The number of hydrogen-bond donors (Lipinski definition) is 2. The summed E-state index contributed by atoms with van der Waals surface area (Å²) < 4.78 is 45.3. The summed E-state index contributed by atoms with van der Waals surface area (Å²) in [4.78, 5) is 39.8. The van der Waals surface area contributed by atoms with Crippen molar-refractivity contribution < 1.29 is 37.4 Å². The van der Waals surface area contributed by atoms with Gasteiger partial charge >= 0.3 is 18.2 Å². The van der Waals surface area contributed by atoms with Gasteiger partial charge in [0, 0.05) is 16.6 Å². The number of amides is 2. The van der Waals surface area contributed by atoms with Crippen molar-refractivity contribution in [2.45, 2.75) is 31.0 Å². The molecule has 0 aromatic heterocycles. The number of carboxylic acid groups (broad SMARTS) is 1. The molecule has 0 radical (unpaired) electrons. The molecule has 4 aromatic carbocycles. The molecule has 12 heteroatoms. The number of carbonyl (C=O) groups is 3. The monoisotopic (exact) mass is 670 g/mol. The number of aryl methyl sites for hydroxylation is 1. The predicted molar refractivity (Wildman–Crippen MR) is 168 cm³/mol. The highest BCUT2D eigenvalue weighted by Gasteiger charge is 2.34. The molecule has 4 aromatic rings. The van der Waals surface area contributed by atoms with Gasteiger partial charge in [0.1, 0.15) is 19.2 Å². The van der Waals surface area contributed by atoms with E-state index < -0.39 is 47.3 Å². The first kappa shape index (κ1) is 32.8. The molecule has 0 spiro atoms. The van der Waals surface area contributed by atoms with Gasteiger partial charge in [0.15, 0.2) is 0 Å². The number of carbonyl (C=O) groups excluding carboxylic acids is 2. The molecular weight excluding hydrogens is 644 g/mol. The number of halogens is 5. The van der Waals surface area contributed by atoms with Crippen LogP contribution in [-0.2, 0) is 26.9 Å². The fourth-order valence-electron chi connectivity index (χ4n) is 5.56. The fourth-order valence-corrected chi connectivity index (χ4v) is 6.05. The highest BCUT2D eigenvalue weighted by atomic mass is 35.5. The molecule has 0 aliphatic heterocycles. The number of benzene rings is 4. The molecule has 0 saturated carbocycles. The number of ether oxygens (including phenoxy) is 1. The van der Waals surface area contributed by atoms with Crippen LogP contribution in [0.5, 0.6) is 0 Å². The van der Waals surface area contributed by atoms with Crippen molar-refractivity contribution in [2.24, 2.45) is 0 Å². The molecule has 0 heterocycles. The summed E-state index contributed by atoms with van der Waals surface area (Å²) in [6.07, 6.45) is -5.66. The zero-order valence-corrected chi connectivity index (χ0v) is 25.6. The quantitative estimate of drug-likeness (QED) is 0.178. The largest absolute Gasteiger partial charge is 0.480 e. The summed E-state index contributed by atoms with van der Waals surface area (Å²) in [5.41, 5.74) is 3.57. The maximum atomic E-state index is 13.9. The summed E-state index contributed by atoms with van der Waals surface area (Å²) in [7, 11) is 0. The first-order chi connectivity index (χ1) is 21.9. The lowest BCUT2D eigenvalue weighted by molar-refractivity contribution is -0.138. The van der Waals surface area contributed by atoms with Crippen LogP contribution < -0.4 is 10.2 Å². The highest BCUT2D eigenvalue weighted by Crippen LogP contribution is 2.44. The molecule has 0 bridgehead atoms. The van der Waals surface area contributed by atoms with Crippen LogP contribution in [0.15, 0.2) is 91.0 Å². The lowest BCUT2D eigenvalue weighted by Gasteiger charge is -2.27. The van der Waals surface area contributed by atoms with E-state index >= 15 is 0 Å². The molecule has 0 saturated heterocycles. The Hall–Kier alpha value is -4.54. The third-order valence-electron chi connectivity index (χ3n) is 7.67. The Morgan fingerprint density at radius 1 is 0.891 bits per heavy atom. The van der Waals surface area contributed by atoms with Crippen molar-refractivity contribution in [3.05, 3.63) is 123 Å². The Morgan fingerprint density at radius 2 is 1.54 bits per heavy atom. The van der Waals surface area contributed by atoms with Crippen LogP contribution in [0.1, 0.15) is 34.6 Å². The number of nitrogens with one attached hydrogen (secondary N) is 1. The molecule has 2 N–H and O–H groups in total. The van der Waals surface area contributed by atoms with Crippen molar-refractivity contribution in [3.63, 3.8) is 0 Å². The van der Waals surface area contributed by atoms with Crippen LogP contribution in [0, 0.1) is 0 Å². The number of aliphatic carboxylic acids is 1. The van der Waals surface area contributed by atoms with Gasteiger partial charge in [0.2, 0.25) is 5.91 Å². The van der Waals surface area contributed by atoms with Gasteiger partial charge in [-0.25, -0.2) is 4.79 Å². The van der Waals surface area contributed by atoms with Crippen molar-refractivity contribution in [1.29, 1.82) is 0 Å². The van der Waals surface area contributed by atoms with Gasteiger partial charge in [-0.1, -0.05) is 83.9 Å². The number of carboxylic acids is 1. The van der Waals surface area contributed by atoms with E-state index in [4.69, 9.17) is 27.9 Å². The number of hydrogen-bond acceptors (Lipinski definition) is 4. The number of anilines is 1. The van der Waals surface area contributed by atoms with E-state index in [0.29, 0.717) is 5.56 Å². The van der Waals surface area contributed by atoms with E-state index in [9.17, 15) is 32.7 Å². The molecular formula is C34H27Cl2F3N2O5. The van der Waals surface area contributed by atoms with Crippen LogP contribution in [0.3, 0.4) is 0 Å².